The minimum atomic E-state index is -3.90. The number of carbonyl (C=O) groups is 1. The van der Waals surface area contributed by atoms with Crippen LogP contribution in [0.5, 0.6) is 0 Å². The van der Waals surface area contributed by atoms with Gasteiger partial charge >= 0.3 is 0 Å². The Hall–Kier alpha value is -3.12. The molecule has 6 heteroatoms. The van der Waals surface area contributed by atoms with Gasteiger partial charge in [0.1, 0.15) is 5.70 Å². The lowest BCUT2D eigenvalue weighted by Gasteiger charge is -2.28. The summed E-state index contributed by atoms with van der Waals surface area (Å²) in [5.74, 6) is -0.884. The Morgan fingerprint density at radius 3 is 2.35 bits per heavy atom. The molecule has 26 heavy (non-hydrogen) atoms. The molecule has 1 N–H and O–H groups in total. The third-order valence-corrected chi connectivity index (χ3v) is 6.36. The zero-order valence-electron chi connectivity index (χ0n) is 13.9. The first-order valence-electron chi connectivity index (χ1n) is 7.96. The van der Waals surface area contributed by atoms with Gasteiger partial charge in [0.25, 0.3) is 10.0 Å². The van der Waals surface area contributed by atoms with E-state index >= 15 is 0 Å². The van der Waals surface area contributed by atoms with Crippen LogP contribution in [0.4, 0.5) is 0 Å². The zero-order chi connectivity index (χ0) is 18.5. The minimum Gasteiger partial charge on any atom is -0.505 e. The number of hydrogen-bond donors (Lipinski definition) is 1. The Morgan fingerprint density at radius 2 is 1.58 bits per heavy atom. The Bertz CT molecular complexity index is 1200. The number of hydrogen-bond acceptors (Lipinski definition) is 4. The van der Waals surface area contributed by atoms with E-state index in [0.717, 1.165) is 15.1 Å². The summed E-state index contributed by atoms with van der Waals surface area (Å²) < 4.78 is 26.3. The van der Waals surface area contributed by atoms with E-state index in [0.29, 0.717) is 5.56 Å². The van der Waals surface area contributed by atoms with Crippen LogP contribution in [0.1, 0.15) is 15.9 Å². The van der Waals surface area contributed by atoms with Crippen LogP contribution >= 0.6 is 0 Å². The highest BCUT2D eigenvalue weighted by Crippen LogP contribution is 2.34. The molecule has 3 aromatic rings. The standard InChI is InChI=1S/C20H15NO4S/c1-21-18(20(23)16-8-4-5-9-17(16)26(21,24)25)19(22)15-11-10-13-6-2-3-7-14(13)12-15/h2-12,22H,1H3/b19-18-. The summed E-state index contributed by atoms with van der Waals surface area (Å²) >= 11 is 0. The van der Waals surface area contributed by atoms with Gasteiger partial charge in [0.15, 0.2) is 5.76 Å². The van der Waals surface area contributed by atoms with Crippen molar-refractivity contribution in [2.75, 3.05) is 7.05 Å². The Labute approximate surface area is 150 Å². The summed E-state index contributed by atoms with van der Waals surface area (Å²) in [6, 6.07) is 18.8. The maximum atomic E-state index is 12.9. The fourth-order valence-corrected chi connectivity index (χ4v) is 4.54. The summed E-state index contributed by atoms with van der Waals surface area (Å²) in [4.78, 5) is 12.8. The number of Topliss-reactive ketones (excluding diaryl/α,β-unsaturated/α-hetero) is 1. The van der Waals surface area contributed by atoms with E-state index in [2.05, 4.69) is 0 Å². The molecule has 0 saturated heterocycles. The molecule has 5 nitrogen and oxygen atoms in total. The van der Waals surface area contributed by atoms with Crippen molar-refractivity contribution in [3.8, 4) is 0 Å². The summed E-state index contributed by atoms with van der Waals surface area (Å²) in [6.45, 7) is 0. The maximum absolute atomic E-state index is 12.9. The SMILES string of the molecule is CN1/C(=C(\O)c2ccc3ccccc3c2)C(=O)c2ccccc2S1(=O)=O. The van der Waals surface area contributed by atoms with E-state index in [1.54, 1.807) is 24.3 Å². The second kappa shape index (κ2) is 5.71. The first-order chi connectivity index (χ1) is 12.4. The highest BCUT2D eigenvalue weighted by Gasteiger charge is 2.39. The maximum Gasteiger partial charge on any atom is 0.265 e. The lowest BCUT2D eigenvalue weighted by molar-refractivity contribution is 0.100. The number of fused-ring (bicyclic) bond motifs is 2. The molecule has 0 fully saturated rings. The van der Waals surface area contributed by atoms with Crippen LogP contribution in [-0.2, 0) is 10.0 Å². The van der Waals surface area contributed by atoms with E-state index in [-0.39, 0.29) is 21.9 Å². The molecule has 0 radical (unpaired) electrons. The third-order valence-electron chi connectivity index (χ3n) is 4.55. The lowest BCUT2D eigenvalue weighted by atomic mass is 10.0. The van der Waals surface area contributed by atoms with Gasteiger partial charge in [-0.2, -0.15) is 0 Å². The summed E-state index contributed by atoms with van der Waals surface area (Å²) in [6.07, 6.45) is 0. The number of sulfonamides is 1. The van der Waals surface area contributed by atoms with Gasteiger partial charge < -0.3 is 5.11 Å². The lowest BCUT2D eigenvalue weighted by Crippen LogP contribution is -2.37. The average molecular weight is 365 g/mol. The van der Waals surface area contributed by atoms with Crippen LogP contribution in [0.3, 0.4) is 0 Å². The van der Waals surface area contributed by atoms with Crippen LogP contribution in [0.2, 0.25) is 0 Å². The van der Waals surface area contributed by atoms with Gasteiger partial charge in [-0.3, -0.25) is 9.10 Å². The first kappa shape index (κ1) is 16.4. The molecule has 0 aliphatic carbocycles. The number of aliphatic hydroxyl groups is 1. The molecule has 0 atom stereocenters. The average Bonchev–Trinajstić information content (AvgIpc) is 2.66. The molecule has 1 heterocycles. The molecule has 4 rings (SSSR count). The van der Waals surface area contributed by atoms with Crippen LogP contribution in [0.15, 0.2) is 77.3 Å². The Morgan fingerprint density at radius 1 is 0.923 bits per heavy atom. The number of allylic oxidation sites excluding steroid dienone is 1. The molecule has 0 spiro atoms. The topological polar surface area (TPSA) is 74.7 Å². The highest BCUT2D eigenvalue weighted by molar-refractivity contribution is 7.89. The van der Waals surface area contributed by atoms with Crippen LogP contribution in [0, 0.1) is 0 Å². The second-order valence-electron chi connectivity index (χ2n) is 6.06. The normalized spacial score (nSPS) is 17.9. The van der Waals surface area contributed by atoms with Crippen LogP contribution in [0.25, 0.3) is 16.5 Å². The number of nitrogens with zero attached hydrogens (tertiary/aromatic N) is 1. The van der Waals surface area contributed by atoms with Crippen molar-refractivity contribution in [1.82, 2.24) is 4.31 Å². The van der Waals surface area contributed by atoms with Gasteiger partial charge in [-0.05, 0) is 29.0 Å². The van der Waals surface area contributed by atoms with Gasteiger partial charge in [-0.15, -0.1) is 0 Å². The highest BCUT2D eigenvalue weighted by atomic mass is 32.2. The van der Waals surface area contributed by atoms with E-state index in [1.165, 1.54) is 19.2 Å². The number of ketones is 1. The molecule has 0 bridgehead atoms. The smallest absolute Gasteiger partial charge is 0.265 e. The van der Waals surface area contributed by atoms with Crippen molar-refractivity contribution in [1.29, 1.82) is 0 Å². The zero-order valence-corrected chi connectivity index (χ0v) is 14.7. The third kappa shape index (κ3) is 2.30. The minimum absolute atomic E-state index is 0.0532. The van der Waals surface area contributed by atoms with Crippen LogP contribution in [-0.4, -0.2) is 30.7 Å². The van der Waals surface area contributed by atoms with Crippen molar-refractivity contribution in [2.24, 2.45) is 0 Å². The Kier molecular flexibility index (Phi) is 3.59. The second-order valence-corrected chi connectivity index (χ2v) is 7.99. The molecule has 1 aliphatic heterocycles. The molecular formula is C20H15NO4S. The van der Waals surface area contributed by atoms with E-state index in [1.807, 2.05) is 30.3 Å². The monoisotopic (exact) mass is 365 g/mol. The van der Waals surface area contributed by atoms with Gasteiger partial charge in [0.2, 0.25) is 5.78 Å². The molecule has 130 valence electrons. The quantitative estimate of drug-likeness (QED) is 0.528. The van der Waals surface area contributed by atoms with E-state index in [9.17, 15) is 18.3 Å². The number of aliphatic hydroxyl groups excluding tert-OH is 1. The van der Waals surface area contributed by atoms with Gasteiger partial charge in [-0.25, -0.2) is 8.42 Å². The molecule has 0 amide bonds. The number of carbonyl (C=O) groups excluding carboxylic acids is 1. The molecule has 0 unspecified atom stereocenters. The van der Waals surface area contributed by atoms with Crippen molar-refractivity contribution in [3.05, 3.63) is 83.6 Å². The van der Waals surface area contributed by atoms with E-state index < -0.39 is 15.8 Å². The first-order valence-corrected chi connectivity index (χ1v) is 9.40. The predicted octanol–water partition coefficient (Wildman–Crippen LogP) is 3.58. The summed E-state index contributed by atoms with van der Waals surface area (Å²) in [7, 11) is -2.63. The molecule has 0 saturated carbocycles. The predicted molar refractivity (Wildman–Crippen MR) is 99.2 cm³/mol. The fourth-order valence-electron chi connectivity index (χ4n) is 3.15. The van der Waals surface area contributed by atoms with Gasteiger partial charge in [-0.1, -0.05) is 48.5 Å². The Balaban J connectivity index is 1.96. The number of likely N-dealkylation sites (N-methyl/N-ethyl adjacent to an activating group) is 1. The summed E-state index contributed by atoms with van der Waals surface area (Å²) in [5, 5.41) is 12.6. The summed E-state index contributed by atoms with van der Waals surface area (Å²) in [5.41, 5.74) is 0.195. The van der Waals surface area contributed by atoms with Crippen molar-refractivity contribution >= 4 is 32.3 Å². The molecule has 1 aliphatic rings. The molecular weight excluding hydrogens is 350 g/mol. The van der Waals surface area contributed by atoms with Gasteiger partial charge in [0, 0.05) is 18.2 Å². The molecule has 3 aromatic carbocycles. The van der Waals surface area contributed by atoms with Gasteiger partial charge in [0.05, 0.1) is 4.90 Å². The largest absolute Gasteiger partial charge is 0.505 e. The van der Waals surface area contributed by atoms with Crippen molar-refractivity contribution in [3.63, 3.8) is 0 Å². The van der Waals surface area contributed by atoms with E-state index in [4.69, 9.17) is 0 Å². The van der Waals surface area contributed by atoms with Crippen molar-refractivity contribution in [2.45, 2.75) is 4.90 Å². The van der Waals surface area contributed by atoms with Crippen molar-refractivity contribution < 1.29 is 18.3 Å². The molecule has 0 aromatic heterocycles. The number of benzene rings is 3. The fraction of sp³-hybridized carbons (Fsp3) is 0.0500. The number of rotatable bonds is 1. The van der Waals surface area contributed by atoms with Crippen LogP contribution < -0.4 is 0 Å².